The molecule has 1 aromatic rings. The van der Waals surface area contributed by atoms with E-state index in [0.717, 1.165) is 5.38 Å². The Labute approximate surface area is 86.5 Å². The highest BCUT2D eigenvalue weighted by Crippen LogP contribution is 2.38. The summed E-state index contributed by atoms with van der Waals surface area (Å²) in [5, 5.41) is 10.8. The number of halogens is 2. The highest BCUT2D eigenvalue weighted by molar-refractivity contribution is 8.15. The molecule has 5 nitrogen and oxygen atoms in total. The van der Waals surface area contributed by atoms with E-state index in [2.05, 4.69) is 0 Å². The number of hydrogen-bond donors (Lipinski definition) is 0. The minimum absolute atomic E-state index is 0.400. The molecule has 0 aliphatic carbocycles. The molecule has 0 aromatic carbocycles. The lowest BCUT2D eigenvalue weighted by atomic mass is 10.5. The molecule has 1 aromatic heterocycles. The Balaban J connectivity index is 3.39. The fraction of sp³-hybridized carbons (Fsp3) is 0. The fourth-order valence-corrected chi connectivity index (χ4v) is 3.46. The van der Waals surface area contributed by atoms with Gasteiger partial charge in [0, 0.05) is 10.7 Å². The largest absolute Gasteiger partial charge is 0.299 e. The van der Waals surface area contributed by atoms with Gasteiger partial charge in [0.1, 0.15) is 5.02 Å². The highest BCUT2D eigenvalue weighted by Gasteiger charge is 2.26. The fourth-order valence-electron chi connectivity index (χ4n) is 0.605. The summed E-state index contributed by atoms with van der Waals surface area (Å²) >= 11 is 6.03. The maximum Gasteiger partial charge on any atom is 0.299 e. The van der Waals surface area contributed by atoms with Gasteiger partial charge in [-0.2, -0.15) is 0 Å². The predicted octanol–water partition coefficient (Wildman–Crippen LogP) is 2.24. The SMILES string of the molecule is O=[N+]([O-])c1csc(S(=O)(=O)Cl)c1Cl. The van der Waals surface area contributed by atoms with Crippen molar-refractivity contribution in [3.8, 4) is 0 Å². The van der Waals surface area contributed by atoms with Crippen molar-refractivity contribution in [3.63, 3.8) is 0 Å². The van der Waals surface area contributed by atoms with E-state index in [4.69, 9.17) is 22.3 Å². The third-order valence-electron chi connectivity index (χ3n) is 1.10. The zero-order valence-electron chi connectivity index (χ0n) is 5.73. The van der Waals surface area contributed by atoms with Gasteiger partial charge >= 0.3 is 0 Å². The number of nitrogens with zero attached hydrogens (tertiary/aromatic N) is 1. The van der Waals surface area contributed by atoms with Crippen LogP contribution in [0.3, 0.4) is 0 Å². The van der Waals surface area contributed by atoms with Crippen molar-refractivity contribution in [1.29, 1.82) is 0 Å². The molecule has 0 atom stereocenters. The first-order chi connectivity index (χ1) is 5.84. The molecule has 0 unspecified atom stereocenters. The first kappa shape index (κ1) is 10.7. The van der Waals surface area contributed by atoms with E-state index in [9.17, 15) is 18.5 Å². The van der Waals surface area contributed by atoms with E-state index in [1.54, 1.807) is 0 Å². The normalized spacial score (nSPS) is 11.5. The summed E-state index contributed by atoms with van der Waals surface area (Å²) in [6, 6.07) is 0. The Morgan fingerprint density at radius 3 is 2.31 bits per heavy atom. The van der Waals surface area contributed by atoms with E-state index in [-0.39, 0.29) is 0 Å². The van der Waals surface area contributed by atoms with Crippen LogP contribution in [0.2, 0.25) is 5.02 Å². The van der Waals surface area contributed by atoms with Gasteiger partial charge in [0.05, 0.1) is 10.3 Å². The quantitative estimate of drug-likeness (QED) is 0.465. The summed E-state index contributed by atoms with van der Waals surface area (Å²) in [4.78, 5) is 9.48. The maximum atomic E-state index is 10.8. The van der Waals surface area contributed by atoms with E-state index in [1.807, 2.05) is 0 Å². The average molecular weight is 262 g/mol. The van der Waals surface area contributed by atoms with Gasteiger partial charge in [-0.15, -0.1) is 11.3 Å². The van der Waals surface area contributed by atoms with Crippen LogP contribution in [-0.2, 0) is 9.05 Å². The Bertz CT molecular complexity index is 451. The molecule has 13 heavy (non-hydrogen) atoms. The van der Waals surface area contributed by atoms with Crippen molar-refractivity contribution in [1.82, 2.24) is 0 Å². The topological polar surface area (TPSA) is 77.3 Å². The molecule has 0 bridgehead atoms. The van der Waals surface area contributed by atoms with Gasteiger partial charge in [0.2, 0.25) is 0 Å². The average Bonchev–Trinajstić information content (AvgIpc) is 2.28. The van der Waals surface area contributed by atoms with Crippen molar-refractivity contribution in [2.24, 2.45) is 0 Å². The van der Waals surface area contributed by atoms with Crippen molar-refractivity contribution in [2.45, 2.75) is 4.21 Å². The van der Waals surface area contributed by atoms with Crippen LogP contribution in [0.15, 0.2) is 9.59 Å². The van der Waals surface area contributed by atoms with Gasteiger partial charge in [0.15, 0.2) is 4.21 Å². The number of rotatable bonds is 2. The van der Waals surface area contributed by atoms with Crippen molar-refractivity contribution < 1.29 is 13.3 Å². The number of thiophene rings is 1. The summed E-state index contributed by atoms with van der Waals surface area (Å²) in [7, 11) is 0.966. The zero-order chi connectivity index (χ0) is 10.2. The smallest absolute Gasteiger partial charge is 0.258 e. The van der Waals surface area contributed by atoms with Crippen molar-refractivity contribution in [2.75, 3.05) is 0 Å². The lowest BCUT2D eigenvalue weighted by molar-refractivity contribution is -0.384. The summed E-state index contributed by atoms with van der Waals surface area (Å²) < 4.78 is 21.1. The van der Waals surface area contributed by atoms with Crippen LogP contribution in [0.5, 0.6) is 0 Å². The third-order valence-corrected chi connectivity index (χ3v) is 4.80. The molecule has 0 radical (unpaired) electrons. The maximum absolute atomic E-state index is 10.8. The first-order valence-corrected chi connectivity index (χ1v) is 6.26. The zero-order valence-corrected chi connectivity index (χ0v) is 8.87. The van der Waals surface area contributed by atoms with Crippen LogP contribution in [0, 0.1) is 10.1 Å². The molecule has 0 fully saturated rings. The third kappa shape index (κ3) is 2.11. The Hall–Kier alpha value is -0.370. The van der Waals surface area contributed by atoms with Gasteiger partial charge in [-0.25, -0.2) is 8.42 Å². The second-order valence-electron chi connectivity index (χ2n) is 1.92. The van der Waals surface area contributed by atoms with Crippen LogP contribution in [0.25, 0.3) is 0 Å². The summed E-state index contributed by atoms with van der Waals surface area (Å²) in [6.45, 7) is 0. The molecule has 0 amide bonds. The van der Waals surface area contributed by atoms with Crippen LogP contribution in [0.4, 0.5) is 5.69 Å². The minimum atomic E-state index is -3.99. The molecule has 72 valence electrons. The number of hydrogen-bond acceptors (Lipinski definition) is 5. The minimum Gasteiger partial charge on any atom is -0.258 e. The van der Waals surface area contributed by atoms with Crippen molar-refractivity contribution >= 4 is 48.4 Å². The molecule has 1 heterocycles. The lowest BCUT2D eigenvalue weighted by Crippen LogP contribution is -1.89. The standard InChI is InChI=1S/C4HCl2NO4S2/c5-3-2(7(8)9)1-12-4(3)13(6,10)11/h1H. The van der Waals surface area contributed by atoms with E-state index >= 15 is 0 Å². The molecule has 0 spiro atoms. The number of nitro groups is 1. The van der Waals surface area contributed by atoms with Crippen LogP contribution >= 0.6 is 33.6 Å². The lowest BCUT2D eigenvalue weighted by Gasteiger charge is -1.89. The van der Waals surface area contributed by atoms with Crippen molar-refractivity contribution in [3.05, 3.63) is 20.5 Å². The molecule has 0 saturated carbocycles. The Morgan fingerprint density at radius 1 is 1.54 bits per heavy atom. The molecule has 0 aliphatic rings. The predicted molar refractivity (Wildman–Crippen MR) is 49.0 cm³/mol. The van der Waals surface area contributed by atoms with Gasteiger partial charge in [0.25, 0.3) is 14.7 Å². The van der Waals surface area contributed by atoms with E-state index in [1.165, 1.54) is 0 Å². The summed E-state index contributed by atoms with van der Waals surface area (Å²) in [5.41, 5.74) is -0.453. The van der Waals surface area contributed by atoms with E-state index < -0.39 is 28.9 Å². The Morgan fingerprint density at radius 2 is 2.08 bits per heavy atom. The molecular formula is C4HCl2NO4S2. The monoisotopic (exact) mass is 261 g/mol. The summed E-state index contributed by atoms with van der Waals surface area (Å²) in [5.74, 6) is 0. The van der Waals surface area contributed by atoms with Gasteiger partial charge < -0.3 is 0 Å². The van der Waals surface area contributed by atoms with Crippen LogP contribution in [-0.4, -0.2) is 13.3 Å². The second-order valence-corrected chi connectivity index (χ2v) is 5.94. The molecular weight excluding hydrogens is 261 g/mol. The molecule has 9 heteroatoms. The Kier molecular flexibility index (Phi) is 2.81. The molecule has 0 aliphatic heterocycles. The first-order valence-electron chi connectivity index (χ1n) is 2.70. The second kappa shape index (κ2) is 3.41. The molecule has 1 rings (SSSR count). The van der Waals surface area contributed by atoms with Gasteiger partial charge in [-0.05, 0) is 0 Å². The van der Waals surface area contributed by atoms with E-state index in [0.29, 0.717) is 11.3 Å². The van der Waals surface area contributed by atoms with Crippen LogP contribution in [0.1, 0.15) is 0 Å². The van der Waals surface area contributed by atoms with Crippen LogP contribution < -0.4 is 0 Å². The molecule has 0 N–H and O–H groups in total. The highest BCUT2D eigenvalue weighted by atomic mass is 35.7. The summed E-state index contributed by atoms with van der Waals surface area (Å²) in [6.07, 6.45) is 0. The molecule has 0 saturated heterocycles. The van der Waals surface area contributed by atoms with Gasteiger partial charge in [-0.1, -0.05) is 11.6 Å². The van der Waals surface area contributed by atoms with Gasteiger partial charge in [-0.3, -0.25) is 10.1 Å².